The second-order valence-electron chi connectivity index (χ2n) is 12.5. The third-order valence-electron chi connectivity index (χ3n) is 8.39. The van der Waals surface area contributed by atoms with Gasteiger partial charge >= 0.3 is 0 Å². The number of hydrogen-bond donors (Lipinski definition) is 0. The number of benzene rings is 3. The number of fused-ring (bicyclic) bond motifs is 4. The van der Waals surface area contributed by atoms with Crippen LogP contribution < -0.4 is 14.5 Å². The van der Waals surface area contributed by atoms with E-state index in [-0.39, 0.29) is 26.5 Å². The van der Waals surface area contributed by atoms with Crippen LogP contribution in [-0.2, 0) is 26.5 Å². The second kappa shape index (κ2) is 12.0. The summed E-state index contributed by atoms with van der Waals surface area (Å²) in [4.78, 5) is 18.1. The molecule has 7 aromatic rings. The summed E-state index contributed by atoms with van der Waals surface area (Å²) in [6.45, 7) is 8.67. The molecule has 0 amide bonds. The SMILES string of the molecule is CN1[CH-]N(c2[c-]c(Oc3[c-]c4c(cc3)c3cc(-c5ccccn5)ccc3n4-c3cc(C(C)(C)C)ccn3)ncc2)c2ccccc21.[Pt]. The van der Waals surface area contributed by atoms with Crippen LogP contribution in [0.5, 0.6) is 11.6 Å². The Morgan fingerprint density at radius 3 is 2.36 bits per heavy atom. The van der Waals surface area contributed by atoms with Gasteiger partial charge in [0.1, 0.15) is 11.7 Å². The van der Waals surface area contributed by atoms with Gasteiger partial charge in [-0.3, -0.25) is 9.97 Å². The largest absolute Gasteiger partial charge is 0.504 e. The fraction of sp³-hybridized carbons (Fsp3) is 0.128. The minimum absolute atomic E-state index is 0. The molecule has 0 saturated heterocycles. The molecule has 0 saturated carbocycles. The van der Waals surface area contributed by atoms with Crippen LogP contribution in [0.2, 0.25) is 0 Å². The van der Waals surface area contributed by atoms with Crippen LogP contribution in [0.15, 0.2) is 110 Å². The summed E-state index contributed by atoms with van der Waals surface area (Å²) >= 11 is 0. The Hall–Kier alpha value is -5.00. The van der Waals surface area contributed by atoms with Gasteiger partial charge in [-0.05, 0) is 77.6 Å². The summed E-state index contributed by atoms with van der Waals surface area (Å²) in [6, 6.07) is 37.8. The first kappa shape index (κ1) is 30.6. The maximum atomic E-state index is 6.34. The van der Waals surface area contributed by atoms with Crippen molar-refractivity contribution < 1.29 is 25.8 Å². The van der Waals surface area contributed by atoms with Crippen LogP contribution in [0.3, 0.4) is 0 Å². The standard InChI is InChI=1S/C39H31N6O.Pt/c1-39(2,3)27-16-19-41-37(22-27)45-33-15-12-26(32-9-7-8-18-40-32)21-31(33)30-14-13-29(24-36(30)45)46-38-23-28(17-20-42-38)44-25-43(4)34-10-5-6-11-35(34)44;/h5-22,25H,1-4H3;/q-3;. The maximum absolute atomic E-state index is 6.34. The van der Waals surface area contributed by atoms with Crippen molar-refractivity contribution in [1.82, 2.24) is 19.5 Å². The van der Waals surface area contributed by atoms with Gasteiger partial charge in [0, 0.05) is 56.1 Å². The van der Waals surface area contributed by atoms with Crippen LogP contribution in [0.25, 0.3) is 38.9 Å². The van der Waals surface area contributed by atoms with Gasteiger partial charge in [-0.1, -0.05) is 56.6 Å². The van der Waals surface area contributed by atoms with Crippen molar-refractivity contribution >= 4 is 38.9 Å². The fourth-order valence-electron chi connectivity index (χ4n) is 6.03. The van der Waals surface area contributed by atoms with E-state index in [1.165, 1.54) is 5.56 Å². The Morgan fingerprint density at radius 2 is 1.55 bits per heavy atom. The number of aromatic nitrogens is 4. The molecule has 1 aliphatic heterocycles. The van der Waals surface area contributed by atoms with E-state index in [1.807, 2.05) is 68.6 Å². The van der Waals surface area contributed by atoms with E-state index in [9.17, 15) is 0 Å². The molecular formula is C39H31N6OPt-3. The second-order valence-corrected chi connectivity index (χ2v) is 12.5. The Kier molecular flexibility index (Phi) is 7.81. The normalized spacial score (nSPS) is 12.8. The first-order valence-corrected chi connectivity index (χ1v) is 15.2. The summed E-state index contributed by atoms with van der Waals surface area (Å²) in [5, 5.41) is 2.13. The number of hydrogen-bond acceptors (Lipinski definition) is 6. The summed E-state index contributed by atoms with van der Waals surface area (Å²) in [5.41, 5.74) is 8.06. The molecule has 0 bridgehead atoms. The molecule has 0 N–H and O–H groups in total. The minimum Gasteiger partial charge on any atom is -0.504 e. The molecule has 47 heavy (non-hydrogen) atoms. The predicted molar refractivity (Wildman–Crippen MR) is 184 cm³/mol. The molecule has 0 unspecified atom stereocenters. The first-order chi connectivity index (χ1) is 22.3. The number of anilines is 3. The van der Waals surface area contributed by atoms with E-state index in [2.05, 4.69) is 106 Å². The first-order valence-electron chi connectivity index (χ1n) is 15.2. The van der Waals surface area contributed by atoms with E-state index >= 15 is 0 Å². The van der Waals surface area contributed by atoms with E-state index in [0.29, 0.717) is 11.6 Å². The van der Waals surface area contributed by atoms with E-state index in [0.717, 1.165) is 55.9 Å². The predicted octanol–water partition coefficient (Wildman–Crippen LogP) is 9.03. The third-order valence-corrected chi connectivity index (χ3v) is 8.39. The van der Waals surface area contributed by atoms with Crippen LogP contribution in [0.1, 0.15) is 26.3 Å². The smallest absolute Gasteiger partial charge is 0.135 e. The Morgan fingerprint density at radius 1 is 0.745 bits per heavy atom. The zero-order valence-corrected chi connectivity index (χ0v) is 28.6. The molecule has 1 aliphatic rings. The van der Waals surface area contributed by atoms with Crippen LogP contribution in [0, 0.1) is 18.8 Å². The van der Waals surface area contributed by atoms with Crippen LogP contribution >= 0.6 is 0 Å². The molecule has 7 nitrogen and oxygen atoms in total. The van der Waals surface area contributed by atoms with Gasteiger partial charge in [-0.2, -0.15) is 30.6 Å². The molecular weight excluding hydrogens is 764 g/mol. The number of nitrogens with zero attached hydrogens (tertiary/aromatic N) is 6. The molecule has 8 heteroatoms. The summed E-state index contributed by atoms with van der Waals surface area (Å²) < 4.78 is 8.50. The molecule has 5 heterocycles. The van der Waals surface area contributed by atoms with Gasteiger partial charge in [0.25, 0.3) is 0 Å². The number of rotatable bonds is 5. The molecule has 0 spiro atoms. The van der Waals surface area contributed by atoms with Crippen molar-refractivity contribution in [1.29, 1.82) is 0 Å². The molecule has 0 atom stereocenters. The van der Waals surface area contributed by atoms with Crippen molar-refractivity contribution in [3.8, 4) is 28.7 Å². The van der Waals surface area contributed by atoms with E-state index in [1.54, 1.807) is 6.20 Å². The van der Waals surface area contributed by atoms with E-state index in [4.69, 9.17) is 9.72 Å². The molecule has 0 fully saturated rings. The van der Waals surface area contributed by atoms with Gasteiger partial charge in [0.2, 0.25) is 0 Å². The van der Waals surface area contributed by atoms with Crippen molar-refractivity contribution in [3.05, 3.63) is 134 Å². The monoisotopic (exact) mass is 794 g/mol. The van der Waals surface area contributed by atoms with Crippen molar-refractivity contribution in [3.63, 3.8) is 0 Å². The third kappa shape index (κ3) is 5.55. The minimum atomic E-state index is -0.0325. The quantitative estimate of drug-likeness (QED) is 0.162. The summed E-state index contributed by atoms with van der Waals surface area (Å²) in [6.07, 6.45) is 5.44. The molecule has 0 aliphatic carbocycles. The van der Waals surface area contributed by atoms with Gasteiger partial charge in [0.05, 0.1) is 5.69 Å². The van der Waals surface area contributed by atoms with Crippen molar-refractivity contribution in [2.24, 2.45) is 0 Å². The molecule has 3 aromatic carbocycles. The van der Waals surface area contributed by atoms with Crippen molar-refractivity contribution in [2.75, 3.05) is 16.8 Å². The summed E-state index contributed by atoms with van der Waals surface area (Å²) in [5.74, 6) is 1.73. The van der Waals surface area contributed by atoms with Gasteiger partial charge < -0.3 is 19.1 Å². The maximum Gasteiger partial charge on any atom is 0.135 e. The zero-order chi connectivity index (χ0) is 31.4. The van der Waals surface area contributed by atoms with Gasteiger partial charge in [-0.25, -0.2) is 4.98 Å². The Bertz CT molecular complexity index is 2240. The molecule has 4 aromatic heterocycles. The Labute approximate surface area is 288 Å². The van der Waals surface area contributed by atoms with E-state index < -0.39 is 0 Å². The van der Waals surface area contributed by atoms with Crippen LogP contribution in [-0.4, -0.2) is 26.6 Å². The topological polar surface area (TPSA) is 59.3 Å². The number of pyridine rings is 3. The number of para-hydroxylation sites is 2. The Balaban J connectivity index is 0.00000351. The van der Waals surface area contributed by atoms with Gasteiger partial charge in [0.15, 0.2) is 0 Å². The number of ether oxygens (including phenoxy) is 1. The molecule has 8 rings (SSSR count). The summed E-state index contributed by atoms with van der Waals surface area (Å²) in [7, 11) is 2.03. The van der Waals surface area contributed by atoms with Crippen molar-refractivity contribution in [2.45, 2.75) is 26.2 Å². The zero-order valence-electron chi connectivity index (χ0n) is 26.4. The average molecular weight is 795 g/mol. The van der Waals surface area contributed by atoms with Crippen LogP contribution in [0.4, 0.5) is 17.1 Å². The molecule has 0 radical (unpaired) electrons. The molecule has 236 valence electrons. The fourth-order valence-corrected chi connectivity index (χ4v) is 6.03. The van der Waals surface area contributed by atoms with Gasteiger partial charge in [-0.15, -0.1) is 17.5 Å². The average Bonchev–Trinajstić information content (AvgIpc) is 3.59.